The van der Waals surface area contributed by atoms with E-state index in [9.17, 15) is 14.4 Å². The highest BCUT2D eigenvalue weighted by Crippen LogP contribution is 2.15. The molecule has 1 aliphatic heterocycles. The van der Waals surface area contributed by atoms with E-state index in [4.69, 9.17) is 9.47 Å². The molecule has 8 heteroatoms. The summed E-state index contributed by atoms with van der Waals surface area (Å²) >= 11 is 0. The fourth-order valence-electron chi connectivity index (χ4n) is 2.81. The summed E-state index contributed by atoms with van der Waals surface area (Å²) in [7, 11) is 0. The molecule has 1 fully saturated rings. The fourth-order valence-corrected chi connectivity index (χ4v) is 2.81. The van der Waals surface area contributed by atoms with Crippen LogP contribution in [0.2, 0.25) is 0 Å². The third kappa shape index (κ3) is 3.60. The van der Waals surface area contributed by atoms with Crippen LogP contribution in [-0.4, -0.2) is 59.5 Å². The molecule has 1 aliphatic rings. The largest absolute Gasteiger partial charge is 0.451 e. The number of esters is 1. The number of amides is 1. The normalized spacial score (nSPS) is 14.7. The van der Waals surface area contributed by atoms with E-state index < -0.39 is 5.97 Å². The van der Waals surface area contributed by atoms with Gasteiger partial charge in [-0.2, -0.15) is 5.10 Å². The van der Waals surface area contributed by atoms with Crippen LogP contribution < -0.4 is 5.56 Å². The van der Waals surface area contributed by atoms with Crippen molar-refractivity contribution >= 4 is 22.6 Å². The summed E-state index contributed by atoms with van der Waals surface area (Å²) in [5.41, 5.74) is -0.236. The van der Waals surface area contributed by atoms with Gasteiger partial charge in [-0.25, -0.2) is 9.48 Å². The molecule has 2 aromatic rings. The Balaban J connectivity index is 1.84. The number of rotatable bonds is 4. The second-order valence-corrected chi connectivity index (χ2v) is 6.31. The van der Waals surface area contributed by atoms with Crippen molar-refractivity contribution in [1.29, 1.82) is 0 Å². The summed E-state index contributed by atoms with van der Waals surface area (Å²) in [5.74, 6) is -1.000. The minimum atomic E-state index is -0.725. The van der Waals surface area contributed by atoms with Crippen LogP contribution in [0.25, 0.3) is 10.8 Å². The first-order chi connectivity index (χ1) is 12.5. The maximum Gasteiger partial charge on any atom is 0.359 e. The van der Waals surface area contributed by atoms with Crippen molar-refractivity contribution in [2.75, 3.05) is 32.9 Å². The molecule has 0 saturated carbocycles. The zero-order chi connectivity index (χ0) is 18.7. The van der Waals surface area contributed by atoms with Crippen LogP contribution in [0.3, 0.4) is 0 Å². The molecule has 8 nitrogen and oxygen atoms in total. The maximum atomic E-state index is 12.5. The zero-order valence-electron chi connectivity index (χ0n) is 14.8. The van der Waals surface area contributed by atoms with Gasteiger partial charge in [0.2, 0.25) is 0 Å². The first-order valence-electron chi connectivity index (χ1n) is 8.53. The molecule has 26 heavy (non-hydrogen) atoms. The van der Waals surface area contributed by atoms with E-state index in [-0.39, 0.29) is 29.8 Å². The Kier molecular flexibility index (Phi) is 5.32. The lowest BCUT2D eigenvalue weighted by Crippen LogP contribution is -2.42. The number of hydrogen-bond donors (Lipinski definition) is 0. The molecule has 3 rings (SSSR count). The highest BCUT2D eigenvalue weighted by Gasteiger charge is 2.22. The minimum Gasteiger partial charge on any atom is -0.451 e. The molecule has 0 atom stereocenters. The second kappa shape index (κ2) is 7.65. The molecule has 1 amide bonds. The standard InChI is InChI=1S/C18H21N3O5/c1-12(2)21-17(23)14-6-4-3-5-13(14)16(19-21)18(24)26-11-15(22)20-7-9-25-10-8-20/h3-6,12H,7-11H2,1-2H3. The summed E-state index contributed by atoms with van der Waals surface area (Å²) in [6, 6.07) is 6.53. The van der Waals surface area contributed by atoms with Gasteiger partial charge in [-0.1, -0.05) is 18.2 Å². The van der Waals surface area contributed by atoms with Gasteiger partial charge in [0.25, 0.3) is 11.5 Å². The predicted octanol–water partition coefficient (Wildman–Crippen LogP) is 0.993. The van der Waals surface area contributed by atoms with Gasteiger partial charge >= 0.3 is 5.97 Å². The lowest BCUT2D eigenvalue weighted by atomic mass is 10.1. The Morgan fingerprint density at radius 2 is 1.85 bits per heavy atom. The Bertz CT molecular complexity index is 884. The quantitative estimate of drug-likeness (QED) is 0.756. The van der Waals surface area contributed by atoms with Gasteiger partial charge in [0.05, 0.1) is 24.6 Å². The van der Waals surface area contributed by atoms with Crippen molar-refractivity contribution in [3.63, 3.8) is 0 Å². The average Bonchev–Trinajstić information content (AvgIpc) is 2.66. The monoisotopic (exact) mass is 359 g/mol. The van der Waals surface area contributed by atoms with E-state index in [0.29, 0.717) is 37.1 Å². The topological polar surface area (TPSA) is 90.7 Å². The summed E-state index contributed by atoms with van der Waals surface area (Å²) in [6.07, 6.45) is 0. The molecule has 0 spiro atoms. The number of carbonyl (C=O) groups is 2. The van der Waals surface area contributed by atoms with E-state index in [1.54, 1.807) is 43.0 Å². The Morgan fingerprint density at radius 1 is 1.19 bits per heavy atom. The fraction of sp³-hybridized carbons (Fsp3) is 0.444. The van der Waals surface area contributed by atoms with Gasteiger partial charge in [0, 0.05) is 18.5 Å². The molecule has 0 bridgehead atoms. The van der Waals surface area contributed by atoms with Crippen LogP contribution in [0.5, 0.6) is 0 Å². The number of ether oxygens (including phenoxy) is 2. The average molecular weight is 359 g/mol. The molecule has 1 saturated heterocycles. The van der Waals surface area contributed by atoms with Crippen molar-refractivity contribution < 1.29 is 19.1 Å². The molecule has 1 aromatic heterocycles. The lowest BCUT2D eigenvalue weighted by Gasteiger charge is -2.26. The van der Waals surface area contributed by atoms with Crippen molar-refractivity contribution in [1.82, 2.24) is 14.7 Å². The summed E-state index contributed by atoms with van der Waals surface area (Å²) in [6.45, 7) is 5.16. The van der Waals surface area contributed by atoms with Crippen LogP contribution in [0.15, 0.2) is 29.1 Å². The van der Waals surface area contributed by atoms with Crippen molar-refractivity contribution in [3.05, 3.63) is 40.3 Å². The molecule has 0 aliphatic carbocycles. The summed E-state index contributed by atoms with van der Waals surface area (Å²) in [4.78, 5) is 38.8. The molecular weight excluding hydrogens is 338 g/mol. The Labute approximate surface area is 150 Å². The van der Waals surface area contributed by atoms with E-state index in [2.05, 4.69) is 5.10 Å². The molecule has 0 unspecified atom stereocenters. The Morgan fingerprint density at radius 3 is 2.50 bits per heavy atom. The van der Waals surface area contributed by atoms with E-state index >= 15 is 0 Å². The van der Waals surface area contributed by atoms with Gasteiger partial charge in [-0.15, -0.1) is 0 Å². The molecule has 0 radical (unpaired) electrons. The molecule has 2 heterocycles. The number of benzene rings is 1. The number of carbonyl (C=O) groups excluding carboxylic acids is 2. The van der Waals surface area contributed by atoms with Crippen molar-refractivity contribution in [3.8, 4) is 0 Å². The maximum absolute atomic E-state index is 12.5. The first kappa shape index (κ1) is 18.1. The third-order valence-corrected chi connectivity index (χ3v) is 4.20. The van der Waals surface area contributed by atoms with Gasteiger partial charge in [0.15, 0.2) is 12.3 Å². The summed E-state index contributed by atoms with van der Waals surface area (Å²) < 4.78 is 11.6. The van der Waals surface area contributed by atoms with Gasteiger partial charge in [-0.3, -0.25) is 9.59 Å². The molecular formula is C18H21N3O5. The molecule has 138 valence electrons. The van der Waals surface area contributed by atoms with Gasteiger partial charge in [0.1, 0.15) is 0 Å². The first-order valence-corrected chi connectivity index (χ1v) is 8.53. The minimum absolute atomic E-state index is 0.0312. The van der Waals surface area contributed by atoms with Gasteiger partial charge in [-0.05, 0) is 19.9 Å². The lowest BCUT2D eigenvalue weighted by molar-refractivity contribution is -0.138. The SMILES string of the molecule is CC(C)n1nc(C(=O)OCC(=O)N2CCOCC2)c2ccccc2c1=O. The second-order valence-electron chi connectivity index (χ2n) is 6.31. The number of fused-ring (bicyclic) bond motifs is 1. The summed E-state index contributed by atoms with van der Waals surface area (Å²) in [5, 5.41) is 4.98. The highest BCUT2D eigenvalue weighted by atomic mass is 16.5. The van der Waals surface area contributed by atoms with Crippen LogP contribution in [-0.2, 0) is 14.3 Å². The van der Waals surface area contributed by atoms with Crippen LogP contribution >= 0.6 is 0 Å². The smallest absolute Gasteiger partial charge is 0.359 e. The van der Waals surface area contributed by atoms with Crippen molar-refractivity contribution in [2.45, 2.75) is 19.9 Å². The van der Waals surface area contributed by atoms with E-state index in [1.807, 2.05) is 0 Å². The van der Waals surface area contributed by atoms with Crippen LogP contribution in [0.1, 0.15) is 30.4 Å². The number of aromatic nitrogens is 2. The van der Waals surface area contributed by atoms with E-state index in [0.717, 1.165) is 0 Å². The van der Waals surface area contributed by atoms with Crippen LogP contribution in [0.4, 0.5) is 0 Å². The Hall–Kier alpha value is -2.74. The predicted molar refractivity (Wildman–Crippen MR) is 94.1 cm³/mol. The third-order valence-electron chi connectivity index (χ3n) is 4.20. The number of nitrogens with zero attached hydrogens (tertiary/aromatic N) is 3. The molecule has 1 aromatic carbocycles. The highest BCUT2D eigenvalue weighted by molar-refractivity contribution is 6.02. The van der Waals surface area contributed by atoms with E-state index in [1.165, 1.54) is 4.68 Å². The van der Waals surface area contributed by atoms with Crippen LogP contribution in [0, 0.1) is 0 Å². The van der Waals surface area contributed by atoms with Crippen molar-refractivity contribution in [2.24, 2.45) is 0 Å². The number of morpholine rings is 1. The number of hydrogen-bond acceptors (Lipinski definition) is 6. The zero-order valence-corrected chi connectivity index (χ0v) is 14.8. The van der Waals surface area contributed by atoms with Gasteiger partial charge < -0.3 is 14.4 Å². The molecule has 0 N–H and O–H groups in total.